The molecule has 1 unspecified atom stereocenters. The lowest BCUT2D eigenvalue weighted by atomic mass is 10.1. The molecule has 1 aromatic rings. The van der Waals surface area contributed by atoms with Gasteiger partial charge in [0.1, 0.15) is 22.8 Å². The van der Waals surface area contributed by atoms with Crippen LogP contribution in [0.15, 0.2) is 0 Å². The molecular weight excluding hydrogens is 280 g/mol. The topological polar surface area (TPSA) is 75.2 Å². The van der Waals surface area contributed by atoms with Gasteiger partial charge in [-0.15, -0.1) is 0 Å². The Bertz CT molecular complexity index is 574. The number of hydrogen-bond acceptors (Lipinski definition) is 5. The largest absolute Gasteiger partial charge is 0.335 e. The molecule has 0 radical (unpaired) electrons. The molecule has 1 aromatic heterocycles. The van der Waals surface area contributed by atoms with Gasteiger partial charge in [-0.25, -0.2) is 9.97 Å². The van der Waals surface area contributed by atoms with Crippen LogP contribution in [0.1, 0.15) is 38.1 Å². The van der Waals surface area contributed by atoms with E-state index in [1.807, 2.05) is 13.8 Å². The van der Waals surface area contributed by atoms with Gasteiger partial charge in [0.25, 0.3) is 0 Å². The average Bonchev–Trinajstić information content (AvgIpc) is 2.37. The monoisotopic (exact) mass is 296 g/mol. The first-order chi connectivity index (χ1) is 9.31. The summed E-state index contributed by atoms with van der Waals surface area (Å²) >= 11 is 6.14. The van der Waals surface area contributed by atoms with Crippen LogP contribution in [0.25, 0.3) is 0 Å². The third-order valence-corrected chi connectivity index (χ3v) is 3.66. The summed E-state index contributed by atoms with van der Waals surface area (Å²) in [5, 5.41) is 2.66. The van der Waals surface area contributed by atoms with E-state index < -0.39 is 6.04 Å². The highest BCUT2D eigenvalue weighted by Gasteiger charge is 2.32. The van der Waals surface area contributed by atoms with Gasteiger partial charge < -0.3 is 4.90 Å². The molecule has 7 heteroatoms. The summed E-state index contributed by atoms with van der Waals surface area (Å²) in [7, 11) is 0. The van der Waals surface area contributed by atoms with Gasteiger partial charge in [-0.2, -0.15) is 0 Å². The molecule has 2 rings (SSSR count). The van der Waals surface area contributed by atoms with Gasteiger partial charge in [-0.1, -0.05) is 25.4 Å². The van der Waals surface area contributed by atoms with E-state index in [0.717, 1.165) is 0 Å². The van der Waals surface area contributed by atoms with Crippen LogP contribution >= 0.6 is 11.6 Å². The van der Waals surface area contributed by atoms with Crippen LogP contribution in [0.5, 0.6) is 0 Å². The predicted molar refractivity (Wildman–Crippen MR) is 75.8 cm³/mol. The Labute approximate surface area is 122 Å². The second kappa shape index (κ2) is 5.36. The number of hydrogen-bond donors (Lipinski definition) is 1. The van der Waals surface area contributed by atoms with Gasteiger partial charge in [-0.3, -0.25) is 14.9 Å². The molecule has 2 amide bonds. The van der Waals surface area contributed by atoms with Gasteiger partial charge >= 0.3 is 0 Å². The number of nitrogens with zero attached hydrogens (tertiary/aromatic N) is 3. The minimum absolute atomic E-state index is 0.0820. The normalized spacial score (nSPS) is 19.5. The lowest BCUT2D eigenvalue weighted by molar-refractivity contribution is -0.132. The Kier molecular flexibility index (Phi) is 3.94. The molecule has 0 saturated carbocycles. The number of rotatable bonds is 2. The average molecular weight is 297 g/mol. The Hall–Kier alpha value is -1.69. The quantitative estimate of drug-likeness (QED) is 0.660. The zero-order valence-corrected chi connectivity index (χ0v) is 12.7. The van der Waals surface area contributed by atoms with Crippen LogP contribution < -0.4 is 10.2 Å². The van der Waals surface area contributed by atoms with Crippen molar-refractivity contribution in [1.82, 2.24) is 15.3 Å². The molecule has 2 heterocycles. The van der Waals surface area contributed by atoms with Crippen molar-refractivity contribution in [1.29, 1.82) is 0 Å². The van der Waals surface area contributed by atoms with E-state index in [1.165, 1.54) is 0 Å². The Morgan fingerprint density at radius 3 is 2.60 bits per heavy atom. The SMILES string of the molecule is Cc1c(Cl)nc(C(C)C)nc1N1CC(=O)NC(=O)C1C. The molecule has 6 nitrogen and oxygen atoms in total. The van der Waals surface area contributed by atoms with Crippen LogP contribution in [-0.4, -0.2) is 34.4 Å². The maximum absolute atomic E-state index is 11.8. The summed E-state index contributed by atoms with van der Waals surface area (Å²) in [6.07, 6.45) is 0. The second-order valence-corrected chi connectivity index (χ2v) is 5.55. The lowest BCUT2D eigenvalue weighted by Crippen LogP contribution is -2.57. The van der Waals surface area contributed by atoms with E-state index in [0.29, 0.717) is 22.4 Å². The number of aromatic nitrogens is 2. The summed E-state index contributed by atoms with van der Waals surface area (Å²) in [6, 6.07) is -0.475. The molecule has 1 aliphatic heterocycles. The van der Waals surface area contributed by atoms with E-state index in [9.17, 15) is 9.59 Å². The lowest BCUT2D eigenvalue weighted by Gasteiger charge is -2.33. The molecule has 1 aliphatic rings. The number of halogens is 1. The first kappa shape index (κ1) is 14.7. The molecule has 108 valence electrons. The van der Waals surface area contributed by atoms with Crippen molar-refractivity contribution in [3.05, 3.63) is 16.5 Å². The van der Waals surface area contributed by atoms with Gasteiger partial charge in [0.15, 0.2) is 0 Å². The van der Waals surface area contributed by atoms with Crippen molar-refractivity contribution < 1.29 is 9.59 Å². The van der Waals surface area contributed by atoms with Crippen LogP contribution in [0.4, 0.5) is 5.82 Å². The smallest absolute Gasteiger partial charge is 0.249 e. The summed E-state index contributed by atoms with van der Waals surface area (Å²) in [4.78, 5) is 33.7. The molecule has 1 fully saturated rings. The molecule has 1 N–H and O–H groups in total. The molecular formula is C13H17ClN4O2. The van der Waals surface area contributed by atoms with Crippen molar-refractivity contribution in [2.45, 2.75) is 39.7 Å². The number of anilines is 1. The first-order valence-corrected chi connectivity index (χ1v) is 6.83. The van der Waals surface area contributed by atoms with Crippen LogP contribution in [0.2, 0.25) is 5.15 Å². The first-order valence-electron chi connectivity index (χ1n) is 6.45. The van der Waals surface area contributed by atoms with Crippen molar-refractivity contribution in [3.63, 3.8) is 0 Å². The van der Waals surface area contributed by atoms with E-state index in [2.05, 4.69) is 15.3 Å². The fourth-order valence-corrected chi connectivity index (χ4v) is 2.18. The van der Waals surface area contributed by atoms with E-state index in [4.69, 9.17) is 11.6 Å². The van der Waals surface area contributed by atoms with E-state index in [1.54, 1.807) is 18.7 Å². The van der Waals surface area contributed by atoms with Crippen LogP contribution in [0.3, 0.4) is 0 Å². The maximum Gasteiger partial charge on any atom is 0.249 e. The standard InChI is InChI=1S/C13H17ClN4O2/c1-6(2)11-16-10(14)7(3)12(17-11)18-5-9(19)15-13(20)8(18)4/h6,8H,5H2,1-4H3,(H,15,19,20). The summed E-state index contributed by atoms with van der Waals surface area (Å²) in [5.41, 5.74) is 0.672. The number of carbonyl (C=O) groups excluding carboxylic acids is 2. The van der Waals surface area contributed by atoms with Crippen molar-refractivity contribution in [2.75, 3.05) is 11.4 Å². The second-order valence-electron chi connectivity index (χ2n) is 5.19. The summed E-state index contributed by atoms with van der Waals surface area (Å²) in [6.45, 7) is 7.51. The Morgan fingerprint density at radius 1 is 1.35 bits per heavy atom. The van der Waals surface area contributed by atoms with Crippen LogP contribution in [0, 0.1) is 6.92 Å². The molecule has 0 aromatic carbocycles. The van der Waals surface area contributed by atoms with Crippen LogP contribution in [-0.2, 0) is 9.59 Å². The highest BCUT2D eigenvalue weighted by atomic mass is 35.5. The fraction of sp³-hybridized carbons (Fsp3) is 0.538. The fourth-order valence-electron chi connectivity index (χ4n) is 2.00. The van der Waals surface area contributed by atoms with E-state index >= 15 is 0 Å². The van der Waals surface area contributed by atoms with Gasteiger partial charge in [0.05, 0.1) is 6.54 Å². The number of imide groups is 1. The minimum atomic E-state index is -0.475. The Balaban J connectivity index is 2.50. The third-order valence-electron chi connectivity index (χ3n) is 3.29. The van der Waals surface area contributed by atoms with Gasteiger partial charge in [-0.05, 0) is 13.8 Å². The highest BCUT2D eigenvalue weighted by Crippen LogP contribution is 2.27. The number of nitrogens with one attached hydrogen (secondary N) is 1. The zero-order chi connectivity index (χ0) is 15.0. The zero-order valence-electron chi connectivity index (χ0n) is 11.9. The van der Waals surface area contributed by atoms with Gasteiger partial charge in [0, 0.05) is 11.5 Å². The van der Waals surface area contributed by atoms with Crippen molar-refractivity contribution >= 4 is 29.2 Å². The number of carbonyl (C=O) groups is 2. The van der Waals surface area contributed by atoms with Gasteiger partial charge in [0.2, 0.25) is 11.8 Å². The number of amides is 2. The van der Waals surface area contributed by atoms with Crippen molar-refractivity contribution in [2.24, 2.45) is 0 Å². The summed E-state index contributed by atoms with van der Waals surface area (Å²) in [5.74, 6) is 0.580. The third kappa shape index (κ3) is 2.60. The molecule has 0 bridgehead atoms. The highest BCUT2D eigenvalue weighted by molar-refractivity contribution is 6.30. The number of piperazine rings is 1. The maximum atomic E-state index is 11.8. The molecule has 0 spiro atoms. The van der Waals surface area contributed by atoms with E-state index in [-0.39, 0.29) is 24.3 Å². The molecule has 1 atom stereocenters. The molecule has 0 aliphatic carbocycles. The van der Waals surface area contributed by atoms with Crippen molar-refractivity contribution in [3.8, 4) is 0 Å². The summed E-state index contributed by atoms with van der Waals surface area (Å²) < 4.78 is 0. The molecule has 20 heavy (non-hydrogen) atoms. The minimum Gasteiger partial charge on any atom is -0.335 e. The molecule has 1 saturated heterocycles. The Morgan fingerprint density at radius 2 is 2.00 bits per heavy atom. The predicted octanol–water partition coefficient (Wildman–Crippen LogP) is 1.41.